The van der Waals surface area contributed by atoms with Gasteiger partial charge in [-0.15, -0.1) is 11.3 Å². The lowest BCUT2D eigenvalue weighted by atomic mass is 10.2. The first-order valence-electron chi connectivity index (χ1n) is 6.11. The Bertz CT molecular complexity index is 583. The van der Waals surface area contributed by atoms with Crippen LogP contribution in [0.3, 0.4) is 0 Å². The minimum atomic E-state index is -0.379. The molecular weight excluding hydrogens is 279 g/mol. The molecule has 4 nitrogen and oxygen atoms in total. The number of esters is 1. The van der Waals surface area contributed by atoms with E-state index in [9.17, 15) is 9.18 Å². The molecule has 106 valence electrons. The van der Waals surface area contributed by atoms with Gasteiger partial charge in [-0.3, -0.25) is 10.1 Å². The summed E-state index contributed by atoms with van der Waals surface area (Å²) in [6.45, 7) is 2.22. The molecule has 0 unspecified atom stereocenters. The van der Waals surface area contributed by atoms with E-state index in [4.69, 9.17) is 0 Å². The Hall–Kier alpha value is -1.79. The molecular formula is C14H15FN2O2S. The number of halogens is 1. The van der Waals surface area contributed by atoms with Crippen molar-refractivity contribution in [3.8, 4) is 10.6 Å². The third-order valence-corrected chi connectivity index (χ3v) is 3.73. The van der Waals surface area contributed by atoms with Crippen molar-refractivity contribution in [2.24, 2.45) is 0 Å². The van der Waals surface area contributed by atoms with Crippen LogP contribution in [-0.2, 0) is 16.1 Å². The van der Waals surface area contributed by atoms with Gasteiger partial charge in [-0.2, -0.15) is 0 Å². The largest absolute Gasteiger partial charge is 0.468 e. The van der Waals surface area contributed by atoms with Crippen molar-refractivity contribution < 1.29 is 13.9 Å². The van der Waals surface area contributed by atoms with Crippen molar-refractivity contribution in [2.45, 2.75) is 19.5 Å². The molecule has 0 bridgehead atoms. The number of rotatable bonds is 5. The Balaban J connectivity index is 1.99. The van der Waals surface area contributed by atoms with E-state index in [0.717, 1.165) is 16.3 Å². The topological polar surface area (TPSA) is 51.2 Å². The van der Waals surface area contributed by atoms with Crippen LogP contribution >= 0.6 is 11.3 Å². The van der Waals surface area contributed by atoms with Crippen molar-refractivity contribution >= 4 is 17.3 Å². The average molecular weight is 294 g/mol. The lowest BCUT2D eigenvalue weighted by Gasteiger charge is -2.09. The third kappa shape index (κ3) is 3.61. The van der Waals surface area contributed by atoms with Gasteiger partial charge in [0, 0.05) is 17.5 Å². The van der Waals surface area contributed by atoms with E-state index in [1.54, 1.807) is 19.1 Å². The summed E-state index contributed by atoms with van der Waals surface area (Å²) in [5, 5.41) is 5.77. The molecule has 0 aliphatic carbocycles. The van der Waals surface area contributed by atoms with Gasteiger partial charge in [0.1, 0.15) is 16.9 Å². The maximum atomic E-state index is 12.9. The lowest BCUT2D eigenvalue weighted by molar-refractivity contribution is -0.142. The zero-order chi connectivity index (χ0) is 14.5. The first-order chi connectivity index (χ1) is 9.60. The van der Waals surface area contributed by atoms with Gasteiger partial charge in [0.05, 0.1) is 12.8 Å². The standard InChI is InChI=1S/C14H15FN2O2S/c1-9(14(18)19-2)16-7-12-8-20-13(17-12)10-3-5-11(15)6-4-10/h3-6,8-9,16H,7H2,1-2H3/t9-/m0/s1. The molecule has 2 rings (SSSR count). The molecule has 1 atom stereocenters. The SMILES string of the molecule is COC(=O)[C@H](C)NCc1csc(-c2ccc(F)cc2)n1. The monoisotopic (exact) mass is 294 g/mol. The van der Waals surface area contributed by atoms with Crippen LogP contribution in [-0.4, -0.2) is 24.1 Å². The fourth-order valence-electron chi connectivity index (χ4n) is 1.63. The summed E-state index contributed by atoms with van der Waals surface area (Å²) in [5.74, 6) is -0.571. The quantitative estimate of drug-likeness (QED) is 0.861. The van der Waals surface area contributed by atoms with Crippen LogP contribution in [0.1, 0.15) is 12.6 Å². The summed E-state index contributed by atoms with van der Waals surface area (Å²) in [7, 11) is 1.36. The highest BCUT2D eigenvalue weighted by Crippen LogP contribution is 2.23. The van der Waals surface area contributed by atoms with Crippen molar-refractivity contribution in [3.05, 3.63) is 41.2 Å². The third-order valence-electron chi connectivity index (χ3n) is 2.79. The molecule has 0 fully saturated rings. The highest BCUT2D eigenvalue weighted by molar-refractivity contribution is 7.13. The van der Waals surface area contributed by atoms with E-state index >= 15 is 0 Å². The average Bonchev–Trinajstić information content (AvgIpc) is 2.93. The number of benzene rings is 1. The Morgan fingerprint density at radius 1 is 1.45 bits per heavy atom. The molecule has 20 heavy (non-hydrogen) atoms. The van der Waals surface area contributed by atoms with Crippen LogP contribution < -0.4 is 5.32 Å². The number of carbonyl (C=O) groups excluding carboxylic acids is 1. The molecule has 2 aromatic rings. The number of hydrogen-bond acceptors (Lipinski definition) is 5. The molecule has 1 heterocycles. The molecule has 0 aliphatic rings. The second-order valence-corrected chi connectivity index (χ2v) is 5.13. The molecule has 0 radical (unpaired) electrons. The summed E-state index contributed by atoms with van der Waals surface area (Å²) >= 11 is 1.48. The number of nitrogens with one attached hydrogen (secondary N) is 1. The smallest absolute Gasteiger partial charge is 0.322 e. The fourth-order valence-corrected chi connectivity index (χ4v) is 2.46. The number of ether oxygens (including phenoxy) is 1. The zero-order valence-electron chi connectivity index (χ0n) is 11.2. The molecule has 0 spiro atoms. The highest BCUT2D eigenvalue weighted by Gasteiger charge is 2.13. The van der Waals surface area contributed by atoms with Gasteiger partial charge in [0.25, 0.3) is 0 Å². The van der Waals surface area contributed by atoms with Gasteiger partial charge in [0.2, 0.25) is 0 Å². The number of nitrogens with zero attached hydrogens (tertiary/aromatic N) is 1. The van der Waals surface area contributed by atoms with Crippen molar-refractivity contribution in [2.75, 3.05) is 7.11 Å². The predicted molar refractivity (Wildman–Crippen MR) is 75.8 cm³/mol. The van der Waals surface area contributed by atoms with E-state index in [1.807, 2.05) is 5.38 Å². The number of carbonyl (C=O) groups is 1. The summed E-state index contributed by atoms with van der Waals surface area (Å²) in [5.41, 5.74) is 1.72. The van der Waals surface area contributed by atoms with Crippen LogP contribution in [0.4, 0.5) is 4.39 Å². The summed E-state index contributed by atoms with van der Waals surface area (Å²) in [4.78, 5) is 15.7. The Morgan fingerprint density at radius 2 is 2.15 bits per heavy atom. The molecule has 0 saturated heterocycles. The molecule has 0 amide bonds. The molecule has 0 aliphatic heterocycles. The van der Waals surface area contributed by atoms with Crippen molar-refractivity contribution in [1.29, 1.82) is 0 Å². The highest BCUT2D eigenvalue weighted by atomic mass is 32.1. The van der Waals surface area contributed by atoms with Crippen LogP contribution in [0.2, 0.25) is 0 Å². The van der Waals surface area contributed by atoms with Gasteiger partial charge in [-0.1, -0.05) is 0 Å². The van der Waals surface area contributed by atoms with E-state index in [1.165, 1.54) is 30.6 Å². The van der Waals surface area contributed by atoms with Crippen molar-refractivity contribution in [1.82, 2.24) is 10.3 Å². The van der Waals surface area contributed by atoms with E-state index in [0.29, 0.717) is 6.54 Å². The van der Waals surface area contributed by atoms with E-state index < -0.39 is 0 Å². The van der Waals surface area contributed by atoms with Gasteiger partial charge >= 0.3 is 5.97 Å². The fraction of sp³-hybridized carbons (Fsp3) is 0.286. The van der Waals surface area contributed by atoms with Crippen LogP contribution in [0.25, 0.3) is 10.6 Å². The van der Waals surface area contributed by atoms with Crippen LogP contribution in [0, 0.1) is 5.82 Å². The second kappa shape index (κ2) is 6.58. The van der Waals surface area contributed by atoms with E-state index in [-0.39, 0.29) is 17.8 Å². The minimum Gasteiger partial charge on any atom is -0.468 e. The summed E-state index contributed by atoms with van der Waals surface area (Å²) in [6.07, 6.45) is 0. The summed E-state index contributed by atoms with van der Waals surface area (Å²) < 4.78 is 17.5. The minimum absolute atomic E-state index is 0.265. The van der Waals surface area contributed by atoms with Crippen LogP contribution in [0.15, 0.2) is 29.6 Å². The number of methoxy groups -OCH3 is 1. The normalized spacial score (nSPS) is 12.2. The first-order valence-corrected chi connectivity index (χ1v) is 6.99. The molecule has 1 aromatic heterocycles. The lowest BCUT2D eigenvalue weighted by Crippen LogP contribution is -2.34. The van der Waals surface area contributed by atoms with Crippen LogP contribution in [0.5, 0.6) is 0 Å². The number of aromatic nitrogens is 1. The molecule has 0 saturated carbocycles. The Kier molecular flexibility index (Phi) is 4.81. The molecule has 1 aromatic carbocycles. The zero-order valence-corrected chi connectivity index (χ0v) is 12.0. The maximum Gasteiger partial charge on any atom is 0.322 e. The van der Waals surface area contributed by atoms with Gasteiger partial charge < -0.3 is 4.74 Å². The molecule has 6 heteroatoms. The van der Waals surface area contributed by atoms with Gasteiger partial charge in [0.15, 0.2) is 0 Å². The summed E-state index contributed by atoms with van der Waals surface area (Å²) in [6, 6.07) is 5.84. The first kappa shape index (κ1) is 14.6. The Labute approximate surface area is 120 Å². The number of hydrogen-bond donors (Lipinski definition) is 1. The molecule has 1 N–H and O–H groups in total. The van der Waals surface area contributed by atoms with E-state index in [2.05, 4.69) is 15.0 Å². The van der Waals surface area contributed by atoms with Gasteiger partial charge in [-0.05, 0) is 31.2 Å². The Morgan fingerprint density at radius 3 is 2.80 bits per heavy atom. The van der Waals surface area contributed by atoms with Crippen molar-refractivity contribution in [3.63, 3.8) is 0 Å². The maximum absolute atomic E-state index is 12.9. The second-order valence-electron chi connectivity index (χ2n) is 4.28. The predicted octanol–water partition coefficient (Wildman–Crippen LogP) is 2.60. The van der Waals surface area contributed by atoms with Gasteiger partial charge in [-0.25, -0.2) is 9.37 Å². The number of thiazole rings is 1.